The van der Waals surface area contributed by atoms with Crippen molar-refractivity contribution in [2.75, 3.05) is 46.4 Å². The number of likely N-dealkylation sites (tertiary alicyclic amines) is 1. The molecule has 0 radical (unpaired) electrons. The highest BCUT2D eigenvalue weighted by Crippen LogP contribution is 2.17. The molecule has 2 rings (SSSR count). The summed E-state index contributed by atoms with van der Waals surface area (Å²) in [5.74, 6) is 1.41. The van der Waals surface area contributed by atoms with E-state index in [1.807, 2.05) is 39.0 Å². The normalized spacial score (nSPS) is 17.2. The quantitative estimate of drug-likeness (QED) is 0.518. The molecule has 30 heavy (non-hydrogen) atoms. The van der Waals surface area contributed by atoms with Crippen LogP contribution in [0.4, 0.5) is 4.79 Å². The Morgan fingerprint density at radius 1 is 1.30 bits per heavy atom. The number of guanidine groups is 1. The Labute approximate surface area is 181 Å². The predicted octanol–water partition coefficient (Wildman–Crippen LogP) is 3.36. The Morgan fingerprint density at radius 2 is 2.03 bits per heavy atom. The minimum absolute atomic E-state index is 0.320. The van der Waals surface area contributed by atoms with Crippen molar-refractivity contribution in [2.24, 2.45) is 10.9 Å². The summed E-state index contributed by atoms with van der Waals surface area (Å²) in [6, 6.07) is 10.3. The van der Waals surface area contributed by atoms with Gasteiger partial charge in [-0.3, -0.25) is 4.99 Å². The number of hydrogen-bond acceptors (Lipinski definition) is 4. The van der Waals surface area contributed by atoms with Crippen LogP contribution < -0.4 is 5.32 Å². The molecule has 7 heteroatoms. The molecule has 1 unspecified atom stereocenters. The zero-order valence-corrected chi connectivity index (χ0v) is 19.2. The highest BCUT2D eigenvalue weighted by Gasteiger charge is 2.25. The van der Waals surface area contributed by atoms with E-state index in [4.69, 9.17) is 14.5 Å². The molecule has 0 bridgehead atoms. The van der Waals surface area contributed by atoms with Gasteiger partial charge in [0.05, 0.1) is 19.8 Å². The number of ether oxygens (including phenoxy) is 2. The van der Waals surface area contributed by atoms with Crippen molar-refractivity contribution in [1.29, 1.82) is 0 Å². The summed E-state index contributed by atoms with van der Waals surface area (Å²) in [6.07, 6.45) is 0.774. The number of carbonyl (C=O) groups is 1. The summed E-state index contributed by atoms with van der Waals surface area (Å²) in [4.78, 5) is 20.7. The number of hydrogen-bond donors (Lipinski definition) is 1. The molecule has 1 aromatic carbocycles. The molecule has 1 aromatic rings. The zero-order chi connectivity index (χ0) is 22.0. The molecule has 0 spiro atoms. The Bertz CT molecular complexity index is 673. The Hall–Kier alpha value is -2.28. The smallest absolute Gasteiger partial charge is 0.410 e. The molecule has 1 amide bonds. The average Bonchev–Trinajstić information content (AvgIpc) is 3.15. The van der Waals surface area contributed by atoms with Gasteiger partial charge in [-0.1, -0.05) is 30.3 Å². The molecule has 7 nitrogen and oxygen atoms in total. The fraction of sp³-hybridized carbons (Fsp3) is 0.652. The van der Waals surface area contributed by atoms with Crippen molar-refractivity contribution < 1.29 is 14.3 Å². The Balaban J connectivity index is 1.77. The van der Waals surface area contributed by atoms with Crippen molar-refractivity contribution in [3.8, 4) is 0 Å². The van der Waals surface area contributed by atoms with Gasteiger partial charge in [0.25, 0.3) is 0 Å². The molecule has 168 valence electrons. The van der Waals surface area contributed by atoms with Gasteiger partial charge in [0.2, 0.25) is 0 Å². The molecule has 1 aliphatic rings. The van der Waals surface area contributed by atoms with Crippen molar-refractivity contribution in [1.82, 2.24) is 15.1 Å². The molecule has 1 fully saturated rings. The minimum atomic E-state index is -0.489. The third kappa shape index (κ3) is 8.61. The summed E-state index contributed by atoms with van der Waals surface area (Å²) in [5, 5.41) is 3.37. The molecule has 0 saturated carbocycles. The van der Waals surface area contributed by atoms with Crippen molar-refractivity contribution in [2.45, 2.75) is 46.3 Å². The predicted molar refractivity (Wildman–Crippen MR) is 121 cm³/mol. The van der Waals surface area contributed by atoms with E-state index in [1.165, 1.54) is 5.56 Å². The van der Waals surface area contributed by atoms with Gasteiger partial charge >= 0.3 is 6.09 Å². The molecular weight excluding hydrogens is 380 g/mol. The number of nitrogens with zero attached hydrogens (tertiary/aromatic N) is 3. The number of nitrogens with one attached hydrogen (secondary N) is 1. The molecule has 0 aliphatic carbocycles. The van der Waals surface area contributed by atoms with Gasteiger partial charge < -0.3 is 24.6 Å². The van der Waals surface area contributed by atoms with Gasteiger partial charge in [0.1, 0.15) is 5.60 Å². The molecule has 1 aliphatic heterocycles. The van der Waals surface area contributed by atoms with Crippen LogP contribution in [0.3, 0.4) is 0 Å². The lowest BCUT2D eigenvalue weighted by Crippen LogP contribution is -2.41. The van der Waals surface area contributed by atoms with Crippen molar-refractivity contribution in [3.05, 3.63) is 35.9 Å². The molecule has 1 heterocycles. The van der Waals surface area contributed by atoms with Crippen LogP contribution in [0.15, 0.2) is 35.3 Å². The van der Waals surface area contributed by atoms with Gasteiger partial charge in [-0.2, -0.15) is 0 Å². The van der Waals surface area contributed by atoms with Crippen LogP contribution in [0.25, 0.3) is 0 Å². The molecule has 1 atom stereocenters. The minimum Gasteiger partial charge on any atom is -0.444 e. The lowest BCUT2D eigenvalue weighted by atomic mass is 10.1. The maximum Gasteiger partial charge on any atom is 0.410 e. The number of rotatable bonds is 8. The van der Waals surface area contributed by atoms with Crippen molar-refractivity contribution in [3.63, 3.8) is 0 Å². The first kappa shape index (κ1) is 24.0. The Kier molecular flexibility index (Phi) is 9.43. The number of benzene rings is 1. The first-order valence-corrected chi connectivity index (χ1v) is 10.9. The lowest BCUT2D eigenvalue weighted by molar-refractivity contribution is 0.0304. The summed E-state index contributed by atoms with van der Waals surface area (Å²) in [7, 11) is 1.74. The maximum absolute atomic E-state index is 12.1. The van der Waals surface area contributed by atoms with E-state index < -0.39 is 5.60 Å². The van der Waals surface area contributed by atoms with Crippen LogP contribution in [0.1, 0.15) is 39.7 Å². The van der Waals surface area contributed by atoms with Crippen molar-refractivity contribution >= 4 is 12.1 Å². The number of amides is 1. The van der Waals surface area contributed by atoms with Gasteiger partial charge in [0, 0.05) is 39.1 Å². The van der Waals surface area contributed by atoms with Crippen LogP contribution in [-0.4, -0.2) is 73.8 Å². The monoisotopic (exact) mass is 418 g/mol. The number of likely N-dealkylation sites (N-methyl/N-ethyl adjacent to an activating group) is 1. The van der Waals surface area contributed by atoms with Gasteiger partial charge in [-0.25, -0.2) is 4.79 Å². The maximum atomic E-state index is 12.1. The van der Waals surface area contributed by atoms with E-state index >= 15 is 0 Å². The van der Waals surface area contributed by atoms with E-state index in [1.54, 1.807) is 11.9 Å². The second-order valence-electron chi connectivity index (χ2n) is 8.74. The first-order chi connectivity index (χ1) is 14.3. The van der Waals surface area contributed by atoms with Gasteiger partial charge in [0.15, 0.2) is 5.96 Å². The SMILES string of the molecule is CCNC(=NCCN(C)C(=O)OC(C)(C)C)N1CCC(COCc2ccccc2)C1. The summed E-state index contributed by atoms with van der Waals surface area (Å²) < 4.78 is 11.3. The summed E-state index contributed by atoms with van der Waals surface area (Å²) >= 11 is 0. The highest BCUT2D eigenvalue weighted by atomic mass is 16.6. The van der Waals surface area contributed by atoms with E-state index in [2.05, 4.69) is 29.3 Å². The molecule has 1 N–H and O–H groups in total. The fourth-order valence-corrected chi connectivity index (χ4v) is 3.24. The molecule has 0 aromatic heterocycles. The van der Waals surface area contributed by atoms with Gasteiger partial charge in [-0.15, -0.1) is 0 Å². The third-order valence-corrected chi connectivity index (χ3v) is 4.79. The van der Waals surface area contributed by atoms with Crippen LogP contribution in [0.5, 0.6) is 0 Å². The van der Waals surface area contributed by atoms with E-state index in [-0.39, 0.29) is 6.09 Å². The van der Waals surface area contributed by atoms with Crippen LogP contribution in [-0.2, 0) is 16.1 Å². The van der Waals surface area contributed by atoms with Crippen LogP contribution in [0, 0.1) is 5.92 Å². The zero-order valence-electron chi connectivity index (χ0n) is 19.2. The van der Waals surface area contributed by atoms with Crippen LogP contribution in [0.2, 0.25) is 0 Å². The average molecular weight is 419 g/mol. The Morgan fingerprint density at radius 3 is 2.70 bits per heavy atom. The lowest BCUT2D eigenvalue weighted by Gasteiger charge is -2.25. The molecule has 1 saturated heterocycles. The molecular formula is C23H38N4O3. The third-order valence-electron chi connectivity index (χ3n) is 4.79. The topological polar surface area (TPSA) is 66.4 Å². The number of aliphatic imine (C=N–C) groups is 1. The van der Waals surface area contributed by atoms with Crippen LogP contribution >= 0.6 is 0 Å². The largest absolute Gasteiger partial charge is 0.444 e. The second kappa shape index (κ2) is 11.8. The van der Waals surface area contributed by atoms with Gasteiger partial charge in [-0.05, 0) is 39.7 Å². The number of carbonyl (C=O) groups excluding carboxylic acids is 1. The first-order valence-electron chi connectivity index (χ1n) is 10.9. The summed E-state index contributed by atoms with van der Waals surface area (Å²) in [5.41, 5.74) is 0.716. The second-order valence-corrected chi connectivity index (χ2v) is 8.74. The van der Waals surface area contributed by atoms with E-state index in [0.29, 0.717) is 25.6 Å². The highest BCUT2D eigenvalue weighted by molar-refractivity contribution is 5.80. The standard InChI is InChI=1S/C23H38N4O3/c1-6-24-21(25-13-15-26(5)22(28)30-23(2,3)4)27-14-12-20(16-27)18-29-17-19-10-8-7-9-11-19/h7-11,20H,6,12-18H2,1-5H3,(H,24,25). The van der Waals surface area contributed by atoms with E-state index in [9.17, 15) is 4.79 Å². The fourth-order valence-electron chi connectivity index (χ4n) is 3.24. The van der Waals surface area contributed by atoms with E-state index in [0.717, 1.165) is 38.6 Å². The summed E-state index contributed by atoms with van der Waals surface area (Å²) in [6.45, 7) is 12.8.